The number of sulfonamides is 1. The molecule has 1 aliphatic heterocycles. The lowest BCUT2D eigenvalue weighted by Crippen LogP contribution is -2.50. The first-order chi connectivity index (χ1) is 8.86. The molecule has 0 amide bonds. The van der Waals surface area contributed by atoms with Crippen LogP contribution in [0.4, 0.5) is 0 Å². The standard InChI is InChI=1S/C12H21NO5S/c1-12(11(14)15)6-2-3-10(12)13-19(16,17)9-4-7-18-8-5-9/h9-10,13H,2-8H2,1H3,(H,14,15). The Labute approximate surface area is 113 Å². The van der Waals surface area contributed by atoms with Crippen molar-refractivity contribution in [2.45, 2.75) is 50.3 Å². The smallest absolute Gasteiger partial charge is 0.310 e. The van der Waals surface area contributed by atoms with E-state index in [2.05, 4.69) is 4.72 Å². The fourth-order valence-electron chi connectivity index (χ4n) is 2.89. The highest BCUT2D eigenvalue weighted by molar-refractivity contribution is 7.90. The molecule has 2 unspecified atom stereocenters. The Balaban J connectivity index is 2.09. The van der Waals surface area contributed by atoms with Crippen LogP contribution in [0, 0.1) is 5.41 Å². The fourth-order valence-corrected chi connectivity index (χ4v) is 4.67. The van der Waals surface area contributed by atoms with Gasteiger partial charge in [0, 0.05) is 19.3 Å². The van der Waals surface area contributed by atoms with E-state index in [4.69, 9.17) is 4.74 Å². The highest BCUT2D eigenvalue weighted by Crippen LogP contribution is 2.39. The van der Waals surface area contributed by atoms with E-state index in [0.29, 0.717) is 38.9 Å². The molecular weight excluding hydrogens is 270 g/mol. The lowest BCUT2D eigenvalue weighted by molar-refractivity contribution is -0.148. The van der Waals surface area contributed by atoms with Crippen LogP contribution < -0.4 is 4.72 Å². The maximum Gasteiger partial charge on any atom is 0.310 e. The van der Waals surface area contributed by atoms with Gasteiger partial charge in [-0.05, 0) is 32.6 Å². The van der Waals surface area contributed by atoms with Crippen molar-refractivity contribution in [1.82, 2.24) is 4.72 Å². The zero-order chi connectivity index (χ0) is 14.1. The van der Waals surface area contributed by atoms with E-state index >= 15 is 0 Å². The molecule has 1 heterocycles. The van der Waals surface area contributed by atoms with E-state index in [1.165, 1.54) is 0 Å². The first-order valence-electron chi connectivity index (χ1n) is 6.68. The van der Waals surface area contributed by atoms with Crippen molar-refractivity contribution in [3.8, 4) is 0 Å². The summed E-state index contributed by atoms with van der Waals surface area (Å²) in [7, 11) is -3.46. The molecule has 2 fully saturated rings. The van der Waals surface area contributed by atoms with E-state index < -0.39 is 32.7 Å². The average molecular weight is 291 g/mol. The van der Waals surface area contributed by atoms with Gasteiger partial charge in [-0.15, -0.1) is 0 Å². The molecule has 0 spiro atoms. The Kier molecular flexibility index (Phi) is 4.17. The molecule has 0 aromatic rings. The molecule has 0 radical (unpaired) electrons. The van der Waals surface area contributed by atoms with Crippen molar-refractivity contribution in [2.24, 2.45) is 5.41 Å². The summed E-state index contributed by atoms with van der Waals surface area (Å²) < 4.78 is 32.4. The summed E-state index contributed by atoms with van der Waals surface area (Å²) >= 11 is 0. The first-order valence-corrected chi connectivity index (χ1v) is 8.23. The highest BCUT2D eigenvalue weighted by atomic mass is 32.2. The molecule has 1 aliphatic carbocycles. The Hall–Kier alpha value is -0.660. The van der Waals surface area contributed by atoms with Crippen LogP contribution in [0.15, 0.2) is 0 Å². The predicted octanol–water partition coefficient (Wildman–Crippen LogP) is 0.728. The zero-order valence-corrected chi connectivity index (χ0v) is 11.9. The number of rotatable bonds is 4. The van der Waals surface area contributed by atoms with Crippen molar-refractivity contribution in [2.75, 3.05) is 13.2 Å². The molecule has 1 saturated carbocycles. The number of nitrogens with one attached hydrogen (secondary N) is 1. The van der Waals surface area contributed by atoms with Crippen LogP contribution >= 0.6 is 0 Å². The monoisotopic (exact) mass is 291 g/mol. The summed E-state index contributed by atoms with van der Waals surface area (Å²) in [4.78, 5) is 11.3. The molecule has 7 heteroatoms. The molecule has 19 heavy (non-hydrogen) atoms. The van der Waals surface area contributed by atoms with Crippen LogP contribution in [-0.2, 0) is 19.6 Å². The van der Waals surface area contributed by atoms with Crippen molar-refractivity contribution >= 4 is 16.0 Å². The lowest BCUT2D eigenvalue weighted by atomic mass is 9.85. The Morgan fingerprint density at radius 3 is 2.53 bits per heavy atom. The van der Waals surface area contributed by atoms with Gasteiger partial charge in [-0.2, -0.15) is 0 Å². The number of carbonyl (C=O) groups is 1. The molecule has 0 aromatic carbocycles. The van der Waals surface area contributed by atoms with E-state index in [1.54, 1.807) is 6.92 Å². The SMILES string of the molecule is CC1(C(=O)O)CCCC1NS(=O)(=O)C1CCOCC1. The van der Waals surface area contributed by atoms with E-state index in [-0.39, 0.29) is 0 Å². The number of ether oxygens (including phenoxy) is 1. The van der Waals surface area contributed by atoms with Gasteiger partial charge in [0.25, 0.3) is 0 Å². The summed E-state index contributed by atoms with van der Waals surface area (Å²) in [6, 6.07) is -0.502. The molecule has 110 valence electrons. The minimum absolute atomic E-state index is 0.451. The quantitative estimate of drug-likeness (QED) is 0.796. The summed E-state index contributed by atoms with van der Waals surface area (Å²) in [6.07, 6.45) is 2.80. The lowest BCUT2D eigenvalue weighted by Gasteiger charge is -2.30. The molecule has 0 bridgehead atoms. The molecule has 6 nitrogen and oxygen atoms in total. The molecule has 2 atom stereocenters. The maximum atomic E-state index is 12.3. The minimum Gasteiger partial charge on any atom is -0.481 e. The van der Waals surface area contributed by atoms with Gasteiger partial charge in [-0.3, -0.25) is 4.79 Å². The molecule has 1 saturated heterocycles. The first kappa shape index (κ1) is 14.7. The third kappa shape index (κ3) is 2.93. The van der Waals surface area contributed by atoms with Crippen LogP contribution in [-0.4, -0.2) is 44.0 Å². The van der Waals surface area contributed by atoms with E-state index in [0.717, 1.165) is 6.42 Å². The van der Waals surface area contributed by atoms with Crippen LogP contribution in [0.2, 0.25) is 0 Å². The van der Waals surface area contributed by atoms with Crippen molar-refractivity contribution in [1.29, 1.82) is 0 Å². The fraction of sp³-hybridized carbons (Fsp3) is 0.917. The minimum atomic E-state index is -3.46. The largest absolute Gasteiger partial charge is 0.481 e. The Morgan fingerprint density at radius 2 is 1.95 bits per heavy atom. The summed E-state index contributed by atoms with van der Waals surface area (Å²) in [6.45, 7) is 2.53. The van der Waals surface area contributed by atoms with Gasteiger partial charge in [0.1, 0.15) is 0 Å². The van der Waals surface area contributed by atoms with Crippen LogP contribution in [0.3, 0.4) is 0 Å². The van der Waals surface area contributed by atoms with Crippen molar-refractivity contribution < 1.29 is 23.1 Å². The highest BCUT2D eigenvalue weighted by Gasteiger charge is 2.47. The number of carboxylic acids is 1. The summed E-state index contributed by atoms with van der Waals surface area (Å²) in [5.41, 5.74) is -0.988. The van der Waals surface area contributed by atoms with E-state index in [1.807, 2.05) is 0 Å². The number of aliphatic carboxylic acids is 1. The predicted molar refractivity (Wildman–Crippen MR) is 69.3 cm³/mol. The molecular formula is C12H21NO5S. The van der Waals surface area contributed by atoms with Gasteiger partial charge in [-0.1, -0.05) is 6.42 Å². The third-order valence-corrected chi connectivity index (χ3v) is 6.32. The van der Waals surface area contributed by atoms with Gasteiger partial charge in [0.05, 0.1) is 10.7 Å². The summed E-state index contributed by atoms with van der Waals surface area (Å²) in [5.74, 6) is -0.926. The third-order valence-electron chi connectivity index (χ3n) is 4.36. The van der Waals surface area contributed by atoms with Crippen LogP contribution in [0.1, 0.15) is 39.0 Å². The summed E-state index contributed by atoms with van der Waals surface area (Å²) in [5, 5.41) is 8.84. The average Bonchev–Trinajstić information content (AvgIpc) is 2.73. The number of hydrogen-bond donors (Lipinski definition) is 2. The van der Waals surface area contributed by atoms with Gasteiger partial charge in [0.2, 0.25) is 10.0 Å². The second kappa shape index (κ2) is 5.38. The molecule has 2 N–H and O–H groups in total. The van der Waals surface area contributed by atoms with Gasteiger partial charge >= 0.3 is 5.97 Å². The molecule has 2 rings (SSSR count). The van der Waals surface area contributed by atoms with Gasteiger partial charge < -0.3 is 9.84 Å². The van der Waals surface area contributed by atoms with Crippen molar-refractivity contribution in [3.05, 3.63) is 0 Å². The van der Waals surface area contributed by atoms with Crippen molar-refractivity contribution in [3.63, 3.8) is 0 Å². The molecule has 0 aromatic heterocycles. The topological polar surface area (TPSA) is 92.7 Å². The normalized spacial score (nSPS) is 33.4. The number of hydrogen-bond acceptors (Lipinski definition) is 4. The molecule has 2 aliphatic rings. The Morgan fingerprint density at radius 1 is 1.32 bits per heavy atom. The zero-order valence-electron chi connectivity index (χ0n) is 11.1. The maximum absolute atomic E-state index is 12.3. The van der Waals surface area contributed by atoms with Gasteiger partial charge in [-0.25, -0.2) is 13.1 Å². The van der Waals surface area contributed by atoms with E-state index in [9.17, 15) is 18.3 Å². The van der Waals surface area contributed by atoms with Crippen LogP contribution in [0.25, 0.3) is 0 Å². The number of carboxylic acid groups (broad SMARTS) is 1. The van der Waals surface area contributed by atoms with Crippen LogP contribution in [0.5, 0.6) is 0 Å². The second-order valence-electron chi connectivity index (χ2n) is 5.64. The Bertz CT molecular complexity index is 443. The van der Waals surface area contributed by atoms with Gasteiger partial charge in [0.15, 0.2) is 0 Å². The second-order valence-corrected chi connectivity index (χ2v) is 7.63.